The number of benzene rings is 1. The van der Waals surface area contributed by atoms with E-state index in [0.717, 1.165) is 32.4 Å². The van der Waals surface area contributed by atoms with Gasteiger partial charge in [-0.1, -0.05) is 30.3 Å². The van der Waals surface area contributed by atoms with Gasteiger partial charge in [0.25, 0.3) is 0 Å². The van der Waals surface area contributed by atoms with Crippen molar-refractivity contribution in [1.29, 1.82) is 0 Å². The highest BCUT2D eigenvalue weighted by Crippen LogP contribution is 2.41. The lowest BCUT2D eigenvalue weighted by Crippen LogP contribution is -2.41. The van der Waals surface area contributed by atoms with Gasteiger partial charge in [0.1, 0.15) is 5.82 Å². The van der Waals surface area contributed by atoms with Crippen molar-refractivity contribution in [3.05, 3.63) is 53.6 Å². The maximum absolute atomic E-state index is 12.7. The van der Waals surface area contributed by atoms with Crippen LogP contribution in [0.3, 0.4) is 0 Å². The Morgan fingerprint density at radius 1 is 1.20 bits per heavy atom. The van der Waals surface area contributed by atoms with Gasteiger partial charge in [-0.2, -0.15) is 0 Å². The summed E-state index contributed by atoms with van der Waals surface area (Å²) < 4.78 is 2.42. The van der Waals surface area contributed by atoms with E-state index in [1.54, 1.807) is 0 Å². The first kappa shape index (κ1) is 16.4. The van der Waals surface area contributed by atoms with Gasteiger partial charge < -0.3 is 9.47 Å². The van der Waals surface area contributed by atoms with Crippen molar-refractivity contribution in [2.75, 3.05) is 13.1 Å². The first-order valence-corrected chi connectivity index (χ1v) is 9.58. The second kappa shape index (κ2) is 7.03. The molecule has 0 unspecified atom stereocenters. The van der Waals surface area contributed by atoms with Gasteiger partial charge in [-0.05, 0) is 44.6 Å². The lowest BCUT2D eigenvalue weighted by molar-refractivity contribution is -0.132. The van der Waals surface area contributed by atoms with Gasteiger partial charge in [-0.15, -0.1) is 0 Å². The van der Waals surface area contributed by atoms with Crippen LogP contribution in [-0.4, -0.2) is 33.4 Å². The molecule has 132 valence electrons. The Labute approximate surface area is 149 Å². The first-order valence-electron chi connectivity index (χ1n) is 9.58. The summed E-state index contributed by atoms with van der Waals surface area (Å²) in [6.07, 6.45) is 8.21. The number of rotatable bonds is 5. The third-order valence-electron chi connectivity index (χ3n) is 5.54. The molecule has 2 fully saturated rings. The summed E-state index contributed by atoms with van der Waals surface area (Å²) in [4.78, 5) is 19.4. The highest BCUT2D eigenvalue weighted by molar-refractivity contribution is 5.76. The summed E-state index contributed by atoms with van der Waals surface area (Å²) >= 11 is 0. The fraction of sp³-hybridized carbons (Fsp3) is 0.524. The molecule has 1 aliphatic carbocycles. The molecule has 1 aromatic carbocycles. The molecule has 4 rings (SSSR count). The fourth-order valence-corrected chi connectivity index (χ4v) is 4.03. The van der Waals surface area contributed by atoms with Gasteiger partial charge >= 0.3 is 0 Å². The predicted molar refractivity (Wildman–Crippen MR) is 98.6 cm³/mol. The van der Waals surface area contributed by atoms with E-state index in [1.807, 2.05) is 24.4 Å². The number of imidazole rings is 1. The molecule has 0 spiro atoms. The van der Waals surface area contributed by atoms with E-state index in [2.05, 4.69) is 33.5 Å². The third kappa shape index (κ3) is 3.63. The molecule has 2 aromatic rings. The Bertz CT molecular complexity index is 733. The van der Waals surface area contributed by atoms with E-state index in [-0.39, 0.29) is 0 Å². The van der Waals surface area contributed by atoms with Crippen LogP contribution in [0.2, 0.25) is 0 Å². The number of amides is 1. The zero-order valence-corrected chi connectivity index (χ0v) is 15.0. The second-order valence-corrected chi connectivity index (χ2v) is 7.52. The molecule has 4 heteroatoms. The molecule has 0 bridgehead atoms. The van der Waals surface area contributed by atoms with Crippen LogP contribution in [0.5, 0.6) is 0 Å². The maximum Gasteiger partial charge on any atom is 0.222 e. The van der Waals surface area contributed by atoms with Crippen molar-refractivity contribution in [2.24, 2.45) is 0 Å². The van der Waals surface area contributed by atoms with Crippen molar-refractivity contribution in [3.8, 4) is 0 Å². The van der Waals surface area contributed by atoms with Crippen molar-refractivity contribution in [2.45, 2.75) is 57.4 Å². The Kier molecular flexibility index (Phi) is 4.60. The Morgan fingerprint density at radius 3 is 2.76 bits per heavy atom. The maximum atomic E-state index is 12.7. The molecular weight excluding hydrogens is 310 g/mol. The highest BCUT2D eigenvalue weighted by atomic mass is 16.2. The summed E-state index contributed by atoms with van der Waals surface area (Å²) in [5, 5.41) is 0. The van der Waals surface area contributed by atoms with Gasteiger partial charge in [-0.25, -0.2) is 4.98 Å². The quantitative estimate of drug-likeness (QED) is 0.831. The number of aryl methyl sites for hydroxylation is 2. The zero-order chi connectivity index (χ0) is 17.2. The molecule has 1 saturated carbocycles. The molecule has 1 saturated heterocycles. The standard InChI is InChI=1S/C21H27N3O/c1-16-14-22-21(18-10-11-18)24(16)19-8-5-13-23(15-19)20(25)12-9-17-6-3-2-4-7-17/h2-4,6-7,14,18-19H,5,8-13,15H2,1H3/t19-/m0/s1. The number of piperidine rings is 1. The zero-order valence-electron chi connectivity index (χ0n) is 15.0. The van der Waals surface area contributed by atoms with Crippen LogP contribution in [-0.2, 0) is 11.2 Å². The van der Waals surface area contributed by atoms with Crippen LogP contribution in [0.15, 0.2) is 36.5 Å². The molecule has 0 N–H and O–H groups in total. The van der Waals surface area contributed by atoms with E-state index in [4.69, 9.17) is 0 Å². The monoisotopic (exact) mass is 337 g/mol. The van der Waals surface area contributed by atoms with Gasteiger partial charge in [-0.3, -0.25) is 4.79 Å². The number of carbonyl (C=O) groups excluding carboxylic acids is 1. The normalized spacial score (nSPS) is 20.7. The third-order valence-corrected chi connectivity index (χ3v) is 5.54. The van der Waals surface area contributed by atoms with Gasteiger partial charge in [0.2, 0.25) is 5.91 Å². The Hall–Kier alpha value is -2.10. The Balaban J connectivity index is 1.41. The van der Waals surface area contributed by atoms with Gasteiger partial charge in [0.05, 0.1) is 6.04 Å². The summed E-state index contributed by atoms with van der Waals surface area (Å²) in [5.41, 5.74) is 2.48. The minimum atomic E-state index is 0.291. The van der Waals surface area contributed by atoms with E-state index in [0.29, 0.717) is 24.3 Å². The molecule has 1 aliphatic heterocycles. The minimum Gasteiger partial charge on any atom is -0.341 e. The summed E-state index contributed by atoms with van der Waals surface area (Å²) in [5.74, 6) is 2.19. The molecule has 1 aromatic heterocycles. The number of carbonyl (C=O) groups is 1. The van der Waals surface area contributed by atoms with Crippen molar-refractivity contribution < 1.29 is 4.79 Å². The topological polar surface area (TPSA) is 38.1 Å². The van der Waals surface area contributed by atoms with Crippen molar-refractivity contribution >= 4 is 5.91 Å². The molecule has 2 aliphatic rings. The molecule has 1 atom stereocenters. The fourth-order valence-electron chi connectivity index (χ4n) is 4.03. The lowest BCUT2D eigenvalue weighted by atomic mass is 10.0. The second-order valence-electron chi connectivity index (χ2n) is 7.52. The molecule has 4 nitrogen and oxygen atoms in total. The number of likely N-dealkylation sites (tertiary alicyclic amines) is 1. The highest BCUT2D eigenvalue weighted by Gasteiger charge is 2.33. The first-order chi connectivity index (χ1) is 12.2. The number of hydrogen-bond donors (Lipinski definition) is 0. The average molecular weight is 337 g/mol. The van der Waals surface area contributed by atoms with Crippen LogP contribution in [0.25, 0.3) is 0 Å². The molecular formula is C21H27N3O. The number of nitrogens with zero attached hydrogens (tertiary/aromatic N) is 3. The van der Waals surface area contributed by atoms with Crippen LogP contribution >= 0.6 is 0 Å². The SMILES string of the molecule is Cc1cnc(C2CC2)n1[C@H]1CCCN(C(=O)CCc2ccccc2)C1. The lowest BCUT2D eigenvalue weighted by Gasteiger charge is -2.35. The largest absolute Gasteiger partial charge is 0.341 e. The molecule has 1 amide bonds. The Morgan fingerprint density at radius 2 is 2.00 bits per heavy atom. The van der Waals surface area contributed by atoms with Crippen LogP contribution < -0.4 is 0 Å². The van der Waals surface area contributed by atoms with Crippen molar-refractivity contribution in [1.82, 2.24) is 14.5 Å². The predicted octanol–water partition coefficient (Wildman–Crippen LogP) is 3.87. The van der Waals surface area contributed by atoms with E-state index >= 15 is 0 Å². The summed E-state index contributed by atoms with van der Waals surface area (Å²) in [7, 11) is 0. The molecule has 0 radical (unpaired) electrons. The van der Waals surface area contributed by atoms with Crippen LogP contribution in [0, 0.1) is 6.92 Å². The summed E-state index contributed by atoms with van der Waals surface area (Å²) in [6, 6.07) is 10.7. The molecule has 25 heavy (non-hydrogen) atoms. The van der Waals surface area contributed by atoms with Crippen LogP contribution in [0.4, 0.5) is 0 Å². The minimum absolute atomic E-state index is 0.291. The van der Waals surface area contributed by atoms with E-state index in [1.165, 1.54) is 29.9 Å². The number of aromatic nitrogens is 2. The van der Waals surface area contributed by atoms with E-state index in [9.17, 15) is 4.79 Å². The van der Waals surface area contributed by atoms with E-state index < -0.39 is 0 Å². The summed E-state index contributed by atoms with van der Waals surface area (Å²) in [6.45, 7) is 3.89. The van der Waals surface area contributed by atoms with Gasteiger partial charge in [0, 0.05) is 37.3 Å². The smallest absolute Gasteiger partial charge is 0.222 e. The van der Waals surface area contributed by atoms with Crippen molar-refractivity contribution in [3.63, 3.8) is 0 Å². The number of hydrogen-bond acceptors (Lipinski definition) is 2. The average Bonchev–Trinajstić information content (AvgIpc) is 3.42. The molecule has 2 heterocycles. The van der Waals surface area contributed by atoms with Crippen LogP contribution in [0.1, 0.15) is 61.1 Å². The van der Waals surface area contributed by atoms with Gasteiger partial charge in [0.15, 0.2) is 0 Å².